The lowest BCUT2D eigenvalue weighted by Crippen LogP contribution is -2.47. The van der Waals surface area contributed by atoms with E-state index in [1.165, 1.54) is 12.1 Å². The number of halogens is 1. The molecule has 2 unspecified atom stereocenters. The van der Waals surface area contributed by atoms with E-state index in [4.69, 9.17) is 0 Å². The first kappa shape index (κ1) is 11.6. The molecule has 2 atom stereocenters. The molecule has 1 aliphatic heterocycles. The standard InChI is InChI=1S/C13H18FNO/c1-10-8-13(16,6-7-15-10)9-11-2-4-12(14)5-3-11/h2-5,10,15-16H,6-9H2,1H3. The number of aliphatic hydroxyl groups is 1. The zero-order valence-corrected chi connectivity index (χ0v) is 9.54. The van der Waals surface area contributed by atoms with Gasteiger partial charge in [0, 0.05) is 12.5 Å². The topological polar surface area (TPSA) is 32.3 Å². The zero-order valence-electron chi connectivity index (χ0n) is 9.54. The van der Waals surface area contributed by atoms with Gasteiger partial charge in [-0.1, -0.05) is 12.1 Å². The molecule has 88 valence electrons. The van der Waals surface area contributed by atoms with Crippen molar-refractivity contribution in [1.29, 1.82) is 0 Å². The quantitative estimate of drug-likeness (QED) is 0.802. The Morgan fingerprint density at radius 2 is 2.12 bits per heavy atom. The van der Waals surface area contributed by atoms with E-state index in [2.05, 4.69) is 12.2 Å². The zero-order chi connectivity index (χ0) is 11.6. The highest BCUT2D eigenvalue weighted by molar-refractivity contribution is 5.18. The largest absolute Gasteiger partial charge is 0.389 e. The van der Waals surface area contributed by atoms with Gasteiger partial charge in [-0.15, -0.1) is 0 Å². The lowest BCUT2D eigenvalue weighted by Gasteiger charge is -2.36. The molecule has 1 heterocycles. The van der Waals surface area contributed by atoms with Crippen LogP contribution in [0.15, 0.2) is 24.3 Å². The summed E-state index contributed by atoms with van der Waals surface area (Å²) in [4.78, 5) is 0. The molecule has 2 N–H and O–H groups in total. The summed E-state index contributed by atoms with van der Waals surface area (Å²) in [6.45, 7) is 2.92. The van der Waals surface area contributed by atoms with Gasteiger partial charge in [0.2, 0.25) is 0 Å². The Labute approximate surface area is 95.5 Å². The van der Waals surface area contributed by atoms with E-state index in [0.29, 0.717) is 12.5 Å². The Bertz CT molecular complexity index is 351. The molecule has 16 heavy (non-hydrogen) atoms. The maximum atomic E-state index is 12.8. The summed E-state index contributed by atoms with van der Waals surface area (Å²) in [6.07, 6.45) is 2.12. The Kier molecular flexibility index (Phi) is 3.26. The summed E-state index contributed by atoms with van der Waals surface area (Å²) in [6, 6.07) is 6.74. The normalized spacial score (nSPS) is 30.3. The maximum Gasteiger partial charge on any atom is 0.123 e. The molecule has 0 saturated carbocycles. The van der Waals surface area contributed by atoms with Crippen LogP contribution >= 0.6 is 0 Å². The number of piperidine rings is 1. The van der Waals surface area contributed by atoms with Gasteiger partial charge in [-0.25, -0.2) is 4.39 Å². The van der Waals surface area contributed by atoms with Crippen LogP contribution in [0.5, 0.6) is 0 Å². The van der Waals surface area contributed by atoms with Crippen molar-refractivity contribution in [1.82, 2.24) is 5.32 Å². The van der Waals surface area contributed by atoms with Gasteiger partial charge >= 0.3 is 0 Å². The van der Waals surface area contributed by atoms with Crippen molar-refractivity contribution in [2.75, 3.05) is 6.54 Å². The molecule has 0 bridgehead atoms. The third-order valence-corrected chi connectivity index (χ3v) is 3.22. The number of rotatable bonds is 2. The Morgan fingerprint density at radius 1 is 1.44 bits per heavy atom. The SMILES string of the molecule is CC1CC(O)(Cc2ccc(F)cc2)CCN1. The first-order valence-electron chi connectivity index (χ1n) is 5.78. The fraction of sp³-hybridized carbons (Fsp3) is 0.538. The van der Waals surface area contributed by atoms with Crippen LogP contribution in [0.25, 0.3) is 0 Å². The van der Waals surface area contributed by atoms with Crippen LogP contribution in [0.3, 0.4) is 0 Å². The highest BCUT2D eigenvalue weighted by atomic mass is 19.1. The summed E-state index contributed by atoms with van der Waals surface area (Å²) in [7, 11) is 0. The highest BCUT2D eigenvalue weighted by Gasteiger charge is 2.32. The van der Waals surface area contributed by atoms with Crippen molar-refractivity contribution in [2.45, 2.75) is 37.8 Å². The Hall–Kier alpha value is -0.930. The molecule has 0 aromatic heterocycles. The summed E-state index contributed by atoms with van der Waals surface area (Å²) < 4.78 is 12.8. The molecule has 2 nitrogen and oxygen atoms in total. The van der Waals surface area contributed by atoms with E-state index in [1.54, 1.807) is 12.1 Å². The van der Waals surface area contributed by atoms with Crippen LogP contribution in [-0.2, 0) is 6.42 Å². The predicted molar refractivity (Wildman–Crippen MR) is 61.8 cm³/mol. The molecule has 0 amide bonds. The van der Waals surface area contributed by atoms with Gasteiger partial charge in [-0.2, -0.15) is 0 Å². The summed E-state index contributed by atoms with van der Waals surface area (Å²) in [5, 5.41) is 13.7. The monoisotopic (exact) mass is 223 g/mol. The van der Waals surface area contributed by atoms with Crippen molar-refractivity contribution in [3.63, 3.8) is 0 Å². The predicted octanol–water partition coefficient (Wildman–Crippen LogP) is 1.87. The van der Waals surface area contributed by atoms with E-state index >= 15 is 0 Å². The first-order chi connectivity index (χ1) is 7.57. The van der Waals surface area contributed by atoms with Crippen LogP contribution in [0, 0.1) is 5.82 Å². The molecule has 0 spiro atoms. The molecule has 1 aromatic rings. The van der Waals surface area contributed by atoms with Gasteiger partial charge in [-0.3, -0.25) is 0 Å². The van der Waals surface area contributed by atoms with Crippen molar-refractivity contribution in [2.24, 2.45) is 0 Å². The lowest BCUT2D eigenvalue weighted by molar-refractivity contribution is -0.00126. The molecule has 1 fully saturated rings. The summed E-state index contributed by atoms with van der Waals surface area (Å²) in [5.41, 5.74) is 0.362. The first-order valence-corrected chi connectivity index (χ1v) is 5.78. The van der Waals surface area contributed by atoms with Crippen LogP contribution in [0.1, 0.15) is 25.3 Å². The van der Waals surface area contributed by atoms with Gasteiger partial charge in [0.1, 0.15) is 5.82 Å². The molecular weight excluding hydrogens is 205 g/mol. The third-order valence-electron chi connectivity index (χ3n) is 3.22. The highest BCUT2D eigenvalue weighted by Crippen LogP contribution is 2.25. The molecule has 1 aliphatic rings. The fourth-order valence-corrected chi connectivity index (χ4v) is 2.44. The number of benzene rings is 1. The van der Waals surface area contributed by atoms with Crippen molar-refractivity contribution >= 4 is 0 Å². The molecular formula is C13H18FNO. The van der Waals surface area contributed by atoms with E-state index in [1.807, 2.05) is 0 Å². The number of nitrogens with one attached hydrogen (secondary N) is 1. The minimum atomic E-state index is -0.636. The van der Waals surface area contributed by atoms with Crippen LogP contribution in [-0.4, -0.2) is 23.3 Å². The average molecular weight is 223 g/mol. The van der Waals surface area contributed by atoms with Gasteiger partial charge in [-0.05, 0) is 44.0 Å². The second-order valence-corrected chi connectivity index (χ2v) is 4.84. The van der Waals surface area contributed by atoms with Crippen LogP contribution < -0.4 is 5.32 Å². The van der Waals surface area contributed by atoms with Gasteiger partial charge in [0.25, 0.3) is 0 Å². The molecule has 1 aromatic carbocycles. The minimum Gasteiger partial charge on any atom is -0.389 e. The Morgan fingerprint density at radius 3 is 2.75 bits per heavy atom. The maximum absolute atomic E-state index is 12.8. The Balaban J connectivity index is 2.05. The smallest absolute Gasteiger partial charge is 0.123 e. The second kappa shape index (κ2) is 4.52. The van der Waals surface area contributed by atoms with Crippen LogP contribution in [0.2, 0.25) is 0 Å². The lowest BCUT2D eigenvalue weighted by atomic mass is 9.83. The van der Waals surface area contributed by atoms with Crippen molar-refractivity contribution < 1.29 is 9.50 Å². The van der Waals surface area contributed by atoms with Crippen molar-refractivity contribution in [3.8, 4) is 0 Å². The molecule has 1 saturated heterocycles. The van der Waals surface area contributed by atoms with E-state index < -0.39 is 5.60 Å². The van der Waals surface area contributed by atoms with Gasteiger partial charge in [0.05, 0.1) is 5.60 Å². The van der Waals surface area contributed by atoms with E-state index in [-0.39, 0.29) is 5.82 Å². The average Bonchev–Trinajstić information content (AvgIpc) is 2.21. The van der Waals surface area contributed by atoms with Crippen molar-refractivity contribution in [3.05, 3.63) is 35.6 Å². The second-order valence-electron chi connectivity index (χ2n) is 4.84. The summed E-state index contributed by atoms with van der Waals surface area (Å²) in [5.74, 6) is -0.227. The van der Waals surface area contributed by atoms with E-state index in [9.17, 15) is 9.50 Å². The van der Waals surface area contributed by atoms with E-state index in [0.717, 1.165) is 24.9 Å². The van der Waals surface area contributed by atoms with Gasteiger partial charge < -0.3 is 10.4 Å². The number of hydrogen-bond donors (Lipinski definition) is 2. The minimum absolute atomic E-state index is 0.227. The fourth-order valence-electron chi connectivity index (χ4n) is 2.44. The molecule has 2 rings (SSSR count). The van der Waals surface area contributed by atoms with Crippen LogP contribution in [0.4, 0.5) is 4.39 Å². The molecule has 0 aliphatic carbocycles. The third kappa shape index (κ3) is 2.80. The molecule has 0 radical (unpaired) electrons. The van der Waals surface area contributed by atoms with Gasteiger partial charge in [0.15, 0.2) is 0 Å². The molecule has 3 heteroatoms. The summed E-state index contributed by atoms with van der Waals surface area (Å²) >= 11 is 0. The number of hydrogen-bond acceptors (Lipinski definition) is 2.